The molecule has 1 rings (SSSR count). The Morgan fingerprint density at radius 1 is 1.33 bits per heavy atom. The molecule has 0 aromatic carbocycles. The Morgan fingerprint density at radius 3 is 2.33 bits per heavy atom. The average Bonchev–Trinajstić information content (AvgIpc) is 2.43. The van der Waals surface area contributed by atoms with Gasteiger partial charge in [-0.25, -0.2) is 0 Å². The van der Waals surface area contributed by atoms with Gasteiger partial charge in [-0.05, 0) is 26.8 Å². The highest BCUT2D eigenvalue weighted by Gasteiger charge is 2.21. The van der Waals surface area contributed by atoms with Crippen molar-refractivity contribution in [2.24, 2.45) is 5.73 Å². The molecule has 0 saturated heterocycles. The minimum Gasteiger partial charge on any atom is -0.388 e. The lowest BCUT2D eigenvalue weighted by Gasteiger charge is -2.32. The van der Waals surface area contributed by atoms with Crippen molar-refractivity contribution in [1.82, 2.24) is 4.90 Å². The second-order valence-corrected chi connectivity index (χ2v) is 4.89. The van der Waals surface area contributed by atoms with Crippen LogP contribution in [-0.2, 0) is 0 Å². The van der Waals surface area contributed by atoms with E-state index in [4.69, 9.17) is 11.1 Å². The number of nitrogens with zero attached hydrogens (tertiary/aromatic N) is 1. The van der Waals surface area contributed by atoms with Crippen molar-refractivity contribution in [2.45, 2.75) is 64.0 Å². The molecule has 15 heavy (non-hydrogen) atoms. The third-order valence-corrected chi connectivity index (χ3v) is 3.61. The second-order valence-electron chi connectivity index (χ2n) is 4.89. The molecule has 1 atom stereocenters. The van der Waals surface area contributed by atoms with Crippen molar-refractivity contribution in [2.75, 3.05) is 7.05 Å². The molecule has 3 heteroatoms. The molecule has 0 aliphatic heterocycles. The predicted molar refractivity (Wildman–Crippen MR) is 65.2 cm³/mol. The SMILES string of the molecule is CC(CC(=N)N)N(C)C1CCCCCC1. The van der Waals surface area contributed by atoms with E-state index in [-0.39, 0.29) is 0 Å². The van der Waals surface area contributed by atoms with Gasteiger partial charge in [0.05, 0.1) is 5.84 Å². The molecule has 0 radical (unpaired) electrons. The summed E-state index contributed by atoms with van der Waals surface area (Å²) in [6, 6.07) is 1.12. The van der Waals surface area contributed by atoms with Crippen molar-refractivity contribution < 1.29 is 0 Å². The summed E-state index contributed by atoms with van der Waals surface area (Å²) in [7, 11) is 2.18. The summed E-state index contributed by atoms with van der Waals surface area (Å²) in [4.78, 5) is 2.42. The van der Waals surface area contributed by atoms with Crippen LogP contribution in [0.1, 0.15) is 51.9 Å². The van der Waals surface area contributed by atoms with E-state index in [1.165, 1.54) is 38.5 Å². The minimum absolute atomic E-state index is 0.308. The Bertz CT molecular complexity index is 195. The van der Waals surface area contributed by atoms with E-state index >= 15 is 0 Å². The average molecular weight is 211 g/mol. The minimum atomic E-state index is 0.308. The fourth-order valence-electron chi connectivity index (χ4n) is 2.49. The molecular weight excluding hydrogens is 186 g/mol. The van der Waals surface area contributed by atoms with Crippen LogP contribution in [0.2, 0.25) is 0 Å². The van der Waals surface area contributed by atoms with E-state index in [0.717, 1.165) is 0 Å². The van der Waals surface area contributed by atoms with Crippen LogP contribution in [0.3, 0.4) is 0 Å². The van der Waals surface area contributed by atoms with E-state index in [2.05, 4.69) is 18.9 Å². The summed E-state index contributed by atoms with van der Waals surface area (Å²) in [5.74, 6) is 0.308. The maximum Gasteiger partial charge on any atom is 0.0920 e. The third-order valence-electron chi connectivity index (χ3n) is 3.61. The Balaban J connectivity index is 2.42. The molecule has 3 N–H and O–H groups in total. The standard InChI is InChI=1S/C12H25N3/c1-10(9-12(13)14)15(2)11-7-5-3-4-6-8-11/h10-11H,3-9H2,1-2H3,(H3,13,14). The molecule has 1 aliphatic rings. The molecule has 3 nitrogen and oxygen atoms in total. The first kappa shape index (κ1) is 12.5. The highest BCUT2D eigenvalue weighted by atomic mass is 15.2. The van der Waals surface area contributed by atoms with Gasteiger partial charge in [0.25, 0.3) is 0 Å². The number of rotatable bonds is 4. The largest absolute Gasteiger partial charge is 0.388 e. The van der Waals surface area contributed by atoms with Crippen LogP contribution in [0.25, 0.3) is 0 Å². The zero-order chi connectivity index (χ0) is 11.3. The first-order valence-corrected chi connectivity index (χ1v) is 6.16. The van der Waals surface area contributed by atoms with E-state index in [1.807, 2.05) is 0 Å². The summed E-state index contributed by atoms with van der Waals surface area (Å²) >= 11 is 0. The fourth-order valence-corrected chi connectivity index (χ4v) is 2.49. The summed E-state index contributed by atoms with van der Waals surface area (Å²) in [5, 5.41) is 7.33. The zero-order valence-electron chi connectivity index (χ0n) is 10.1. The Labute approximate surface area is 93.5 Å². The molecule has 0 spiro atoms. The molecule has 1 saturated carbocycles. The molecule has 0 aromatic rings. The Hall–Kier alpha value is -0.570. The summed E-state index contributed by atoms with van der Waals surface area (Å²) in [6.45, 7) is 2.17. The molecule has 1 unspecified atom stereocenters. The molecule has 0 amide bonds. The molecule has 0 bridgehead atoms. The zero-order valence-corrected chi connectivity index (χ0v) is 10.1. The fraction of sp³-hybridized carbons (Fsp3) is 0.917. The quantitative estimate of drug-likeness (QED) is 0.426. The van der Waals surface area contributed by atoms with Crippen LogP contribution >= 0.6 is 0 Å². The lowest BCUT2D eigenvalue weighted by atomic mass is 10.0. The molecule has 0 aromatic heterocycles. The van der Waals surface area contributed by atoms with Gasteiger partial charge in [-0.2, -0.15) is 0 Å². The normalized spacial score (nSPS) is 21.3. The van der Waals surface area contributed by atoms with Gasteiger partial charge < -0.3 is 10.6 Å². The van der Waals surface area contributed by atoms with E-state index < -0.39 is 0 Å². The maximum absolute atomic E-state index is 7.33. The van der Waals surface area contributed by atoms with Crippen LogP contribution in [0.5, 0.6) is 0 Å². The summed E-state index contributed by atoms with van der Waals surface area (Å²) < 4.78 is 0. The highest BCUT2D eigenvalue weighted by molar-refractivity contribution is 5.77. The first-order valence-electron chi connectivity index (χ1n) is 6.16. The number of hydrogen-bond donors (Lipinski definition) is 2. The van der Waals surface area contributed by atoms with Gasteiger partial charge in [0.1, 0.15) is 0 Å². The molecule has 1 fully saturated rings. The molecule has 88 valence electrons. The third kappa shape index (κ3) is 4.20. The monoisotopic (exact) mass is 211 g/mol. The molecular formula is C12H25N3. The lowest BCUT2D eigenvalue weighted by molar-refractivity contribution is 0.171. The van der Waals surface area contributed by atoms with Gasteiger partial charge in [-0.15, -0.1) is 0 Å². The summed E-state index contributed by atoms with van der Waals surface area (Å²) in [5.41, 5.74) is 5.45. The number of amidine groups is 1. The highest BCUT2D eigenvalue weighted by Crippen LogP contribution is 2.22. The number of nitrogens with one attached hydrogen (secondary N) is 1. The van der Waals surface area contributed by atoms with Gasteiger partial charge >= 0.3 is 0 Å². The molecule has 0 heterocycles. The van der Waals surface area contributed by atoms with E-state index in [9.17, 15) is 0 Å². The lowest BCUT2D eigenvalue weighted by Crippen LogP contribution is -2.40. The van der Waals surface area contributed by atoms with E-state index in [0.29, 0.717) is 24.3 Å². The first-order chi connectivity index (χ1) is 7.11. The van der Waals surface area contributed by atoms with Crippen LogP contribution in [0.4, 0.5) is 0 Å². The second kappa shape index (κ2) is 6.11. The smallest absolute Gasteiger partial charge is 0.0920 e. The van der Waals surface area contributed by atoms with Crippen molar-refractivity contribution in [3.8, 4) is 0 Å². The van der Waals surface area contributed by atoms with Crippen LogP contribution in [0.15, 0.2) is 0 Å². The number of hydrogen-bond acceptors (Lipinski definition) is 2. The van der Waals surface area contributed by atoms with Crippen molar-refractivity contribution in [3.63, 3.8) is 0 Å². The topological polar surface area (TPSA) is 53.1 Å². The Kier molecular flexibility index (Phi) is 5.09. The summed E-state index contributed by atoms with van der Waals surface area (Å²) in [6.07, 6.45) is 8.85. The van der Waals surface area contributed by atoms with E-state index in [1.54, 1.807) is 0 Å². The van der Waals surface area contributed by atoms with Gasteiger partial charge in [0.15, 0.2) is 0 Å². The van der Waals surface area contributed by atoms with Crippen LogP contribution in [-0.4, -0.2) is 29.9 Å². The van der Waals surface area contributed by atoms with Gasteiger partial charge in [0, 0.05) is 18.5 Å². The predicted octanol–water partition coefficient (Wildman–Crippen LogP) is 2.36. The van der Waals surface area contributed by atoms with Gasteiger partial charge in [-0.1, -0.05) is 25.7 Å². The Morgan fingerprint density at radius 2 is 1.87 bits per heavy atom. The number of nitrogens with two attached hydrogens (primary N) is 1. The van der Waals surface area contributed by atoms with Gasteiger partial charge in [-0.3, -0.25) is 5.41 Å². The van der Waals surface area contributed by atoms with Crippen LogP contribution in [0, 0.1) is 5.41 Å². The van der Waals surface area contributed by atoms with Crippen molar-refractivity contribution in [3.05, 3.63) is 0 Å². The molecule has 1 aliphatic carbocycles. The van der Waals surface area contributed by atoms with Gasteiger partial charge in [0.2, 0.25) is 0 Å². The maximum atomic E-state index is 7.33. The van der Waals surface area contributed by atoms with Crippen LogP contribution < -0.4 is 5.73 Å². The van der Waals surface area contributed by atoms with Crippen molar-refractivity contribution in [1.29, 1.82) is 5.41 Å². The van der Waals surface area contributed by atoms with Crippen molar-refractivity contribution >= 4 is 5.84 Å².